The highest BCUT2D eigenvalue weighted by Crippen LogP contribution is 2.43. The van der Waals surface area contributed by atoms with Crippen LogP contribution in [0.2, 0.25) is 0 Å². The van der Waals surface area contributed by atoms with Crippen molar-refractivity contribution in [2.24, 2.45) is 0 Å². The Balaban J connectivity index is 1.10. The number of carbonyl (C=O) groups is 4. The van der Waals surface area contributed by atoms with Crippen LogP contribution in [0.15, 0.2) is 108 Å². The molecule has 3 aliphatic rings. The van der Waals surface area contributed by atoms with Crippen molar-refractivity contribution in [1.82, 2.24) is 9.97 Å². The van der Waals surface area contributed by atoms with Crippen molar-refractivity contribution in [3.63, 3.8) is 0 Å². The van der Waals surface area contributed by atoms with Crippen LogP contribution < -0.4 is 10.5 Å². The number of carbonyl (C=O) groups excluding carboxylic acids is 4. The van der Waals surface area contributed by atoms with Gasteiger partial charge >= 0.3 is 0 Å². The summed E-state index contributed by atoms with van der Waals surface area (Å²) in [6, 6.07) is 25.2. The molecule has 5 aromatic carbocycles. The quantitative estimate of drug-likeness (QED) is 0.150. The third kappa shape index (κ3) is 4.53. The standard InChI is InChI=1S/C43H29N3O5/c1-22-23(2)34(19-17-27(22)26-10-6-7-11-26)46-42(50)30-15-13-28-35-29(14-16-31(36(30)35)43(46)51)39(48)37(38(28)47)40-44-33-18-12-25(21-32(33)41(49)45-40)20-24-8-4-3-5-9-24/h3-6,8-19,21,37H,7,20H2,1-2H3,(H,44,45,49). The van der Waals surface area contributed by atoms with Crippen molar-refractivity contribution in [3.8, 4) is 0 Å². The number of H-pyrrole nitrogens is 1. The highest BCUT2D eigenvalue weighted by molar-refractivity contribution is 6.40. The molecule has 0 radical (unpaired) electrons. The van der Waals surface area contributed by atoms with Gasteiger partial charge in [0.25, 0.3) is 17.4 Å². The number of ketones is 2. The monoisotopic (exact) mass is 667 g/mol. The van der Waals surface area contributed by atoms with E-state index in [1.807, 2.05) is 56.3 Å². The Morgan fingerprint density at radius 2 is 1.35 bits per heavy atom. The summed E-state index contributed by atoms with van der Waals surface area (Å²) >= 11 is 0. The second-order valence-electron chi connectivity index (χ2n) is 13.3. The minimum absolute atomic E-state index is 0.0474. The Hall–Kier alpha value is -6.54. The zero-order valence-corrected chi connectivity index (χ0v) is 27.7. The fraction of sp³-hybridized carbons (Fsp3) is 0.116. The fourth-order valence-corrected chi connectivity index (χ4v) is 7.79. The highest BCUT2D eigenvalue weighted by Gasteiger charge is 2.43. The number of imide groups is 1. The van der Waals surface area contributed by atoms with Crippen LogP contribution in [-0.4, -0.2) is 33.3 Å². The van der Waals surface area contributed by atoms with Gasteiger partial charge in [0, 0.05) is 33.0 Å². The number of Topliss-reactive ketones (excluding diaryl/α,β-unsaturated/α-hetero) is 2. The van der Waals surface area contributed by atoms with Crippen molar-refractivity contribution >= 4 is 56.3 Å². The first-order valence-corrected chi connectivity index (χ1v) is 16.8. The second kappa shape index (κ2) is 11.2. The van der Waals surface area contributed by atoms with Gasteiger partial charge in [0.15, 0.2) is 11.6 Å². The first kappa shape index (κ1) is 30.5. The normalized spacial score (nSPS) is 15.4. The molecule has 1 aliphatic heterocycles. The zero-order chi connectivity index (χ0) is 35.1. The molecule has 8 nitrogen and oxygen atoms in total. The minimum Gasteiger partial charge on any atom is -0.309 e. The van der Waals surface area contributed by atoms with Gasteiger partial charge in [0.1, 0.15) is 11.7 Å². The Kier molecular flexibility index (Phi) is 6.73. The number of benzene rings is 5. The molecule has 9 rings (SSSR count). The van der Waals surface area contributed by atoms with Crippen LogP contribution in [0.5, 0.6) is 0 Å². The summed E-state index contributed by atoms with van der Waals surface area (Å²) < 4.78 is 0. The molecule has 0 spiro atoms. The van der Waals surface area contributed by atoms with Gasteiger partial charge in [0.05, 0.1) is 16.6 Å². The van der Waals surface area contributed by atoms with Crippen molar-refractivity contribution in [1.29, 1.82) is 0 Å². The third-order valence-corrected chi connectivity index (χ3v) is 10.5. The third-order valence-electron chi connectivity index (χ3n) is 10.5. The largest absolute Gasteiger partial charge is 0.309 e. The second-order valence-corrected chi connectivity index (χ2v) is 13.3. The van der Waals surface area contributed by atoms with Crippen molar-refractivity contribution in [2.75, 3.05) is 4.90 Å². The van der Waals surface area contributed by atoms with Gasteiger partial charge in [-0.15, -0.1) is 0 Å². The molecule has 246 valence electrons. The fourth-order valence-electron chi connectivity index (χ4n) is 7.79. The van der Waals surface area contributed by atoms with Gasteiger partial charge in [0.2, 0.25) is 0 Å². The molecule has 0 unspecified atom stereocenters. The molecular weight excluding hydrogens is 638 g/mol. The summed E-state index contributed by atoms with van der Waals surface area (Å²) in [6.45, 7) is 3.88. The number of aromatic amines is 1. The summed E-state index contributed by atoms with van der Waals surface area (Å²) in [7, 11) is 0. The van der Waals surface area contributed by atoms with Crippen LogP contribution in [0.4, 0.5) is 5.69 Å². The Bertz CT molecular complexity index is 2650. The number of aromatic nitrogens is 2. The molecule has 8 heteroatoms. The zero-order valence-electron chi connectivity index (χ0n) is 27.7. The van der Waals surface area contributed by atoms with E-state index in [-0.39, 0.29) is 38.9 Å². The van der Waals surface area contributed by atoms with Crippen LogP contribution >= 0.6 is 0 Å². The number of hydrogen-bond acceptors (Lipinski definition) is 6. The van der Waals surface area contributed by atoms with E-state index in [1.54, 1.807) is 30.3 Å². The minimum atomic E-state index is -1.39. The van der Waals surface area contributed by atoms with E-state index in [4.69, 9.17) is 0 Å². The summed E-state index contributed by atoms with van der Waals surface area (Å²) in [5.41, 5.74) is 7.20. The number of amides is 2. The average molecular weight is 668 g/mol. The number of hydrogen-bond donors (Lipinski definition) is 1. The molecule has 0 atom stereocenters. The Morgan fingerprint density at radius 3 is 2.02 bits per heavy atom. The molecule has 2 heterocycles. The lowest BCUT2D eigenvalue weighted by Crippen LogP contribution is -2.41. The summed E-state index contributed by atoms with van der Waals surface area (Å²) in [5.74, 6) is -3.61. The summed E-state index contributed by atoms with van der Waals surface area (Å²) in [5, 5.41) is 0.917. The lowest BCUT2D eigenvalue weighted by molar-refractivity contribution is 0.0843. The Morgan fingerprint density at radius 1 is 0.706 bits per heavy atom. The van der Waals surface area contributed by atoms with E-state index in [9.17, 15) is 24.0 Å². The number of allylic oxidation sites excluding steroid dienone is 4. The van der Waals surface area contributed by atoms with Gasteiger partial charge in [-0.2, -0.15) is 0 Å². The summed E-state index contributed by atoms with van der Waals surface area (Å²) in [4.78, 5) is 78.5. The van der Waals surface area contributed by atoms with Crippen LogP contribution in [0.1, 0.15) is 87.4 Å². The molecule has 6 aromatic rings. The predicted octanol–water partition coefficient (Wildman–Crippen LogP) is 7.59. The van der Waals surface area contributed by atoms with Gasteiger partial charge in [-0.05, 0) is 103 Å². The molecule has 2 amide bonds. The topological polar surface area (TPSA) is 117 Å². The molecule has 1 N–H and O–H groups in total. The lowest BCUT2D eigenvalue weighted by atomic mass is 9.76. The molecule has 0 saturated heterocycles. The van der Waals surface area contributed by atoms with E-state index in [1.165, 1.54) is 17.0 Å². The van der Waals surface area contributed by atoms with E-state index in [2.05, 4.69) is 28.2 Å². The predicted molar refractivity (Wildman–Crippen MR) is 196 cm³/mol. The molecule has 2 aliphatic carbocycles. The number of fused-ring (bicyclic) bond motifs is 1. The van der Waals surface area contributed by atoms with Crippen molar-refractivity contribution in [2.45, 2.75) is 32.6 Å². The Labute approximate surface area is 291 Å². The number of anilines is 1. The van der Waals surface area contributed by atoms with Crippen LogP contribution in [0.25, 0.3) is 27.2 Å². The van der Waals surface area contributed by atoms with Crippen LogP contribution in [0, 0.1) is 13.8 Å². The van der Waals surface area contributed by atoms with Crippen molar-refractivity contribution < 1.29 is 19.2 Å². The maximum absolute atomic E-state index is 14.1. The maximum atomic E-state index is 14.1. The van der Waals surface area contributed by atoms with Gasteiger partial charge in [-0.25, -0.2) is 9.88 Å². The lowest BCUT2D eigenvalue weighted by Gasteiger charge is -2.31. The van der Waals surface area contributed by atoms with Crippen LogP contribution in [-0.2, 0) is 6.42 Å². The van der Waals surface area contributed by atoms with E-state index in [0.717, 1.165) is 39.8 Å². The number of rotatable bonds is 5. The smallest absolute Gasteiger partial charge is 0.265 e. The molecule has 1 aromatic heterocycles. The number of nitrogens with zero attached hydrogens (tertiary/aromatic N) is 2. The van der Waals surface area contributed by atoms with Gasteiger partial charge in [-0.3, -0.25) is 24.0 Å². The van der Waals surface area contributed by atoms with E-state index < -0.39 is 34.9 Å². The highest BCUT2D eigenvalue weighted by atomic mass is 16.2. The number of nitrogens with one attached hydrogen (secondary N) is 1. The molecule has 0 saturated carbocycles. The van der Waals surface area contributed by atoms with Gasteiger partial charge < -0.3 is 4.98 Å². The average Bonchev–Trinajstić information content (AvgIpc) is 3.67. The first-order chi connectivity index (χ1) is 24.7. The first-order valence-electron chi connectivity index (χ1n) is 16.8. The summed E-state index contributed by atoms with van der Waals surface area (Å²) in [6.07, 6.45) is 7.79. The molecule has 51 heavy (non-hydrogen) atoms. The van der Waals surface area contributed by atoms with Crippen molar-refractivity contribution in [3.05, 3.63) is 169 Å². The molecule has 0 fully saturated rings. The molecular formula is C43H29N3O5. The SMILES string of the molecule is Cc1c(C2=CCC=C2)ccc(N2C(=O)c3ccc4c5c(ccc(c35)C2=O)C(=O)C(c2nc3ccc(Cc5ccccc5)cc3c(=O)[nH]2)C4=O)c1C. The molecule has 0 bridgehead atoms. The van der Waals surface area contributed by atoms with E-state index >= 15 is 0 Å². The maximum Gasteiger partial charge on any atom is 0.265 e. The van der Waals surface area contributed by atoms with Gasteiger partial charge in [-0.1, -0.05) is 60.7 Å². The van der Waals surface area contributed by atoms with E-state index in [0.29, 0.717) is 23.0 Å². The van der Waals surface area contributed by atoms with Crippen LogP contribution in [0.3, 0.4) is 0 Å².